The van der Waals surface area contributed by atoms with Crippen molar-refractivity contribution in [2.24, 2.45) is 5.41 Å². The predicted octanol–water partition coefficient (Wildman–Crippen LogP) is 1.17. The summed E-state index contributed by atoms with van der Waals surface area (Å²) in [5, 5.41) is 0. The van der Waals surface area contributed by atoms with Gasteiger partial charge in [-0.2, -0.15) is 0 Å². The Hall–Kier alpha value is -1.30. The lowest BCUT2D eigenvalue weighted by molar-refractivity contribution is -0.139. The zero-order chi connectivity index (χ0) is 10.5. The van der Waals surface area contributed by atoms with Gasteiger partial charge in [0.2, 0.25) is 5.78 Å². The maximum absolute atomic E-state index is 11.2. The number of hydrogen-bond donors (Lipinski definition) is 0. The molecule has 3 nitrogen and oxygen atoms in total. The summed E-state index contributed by atoms with van der Waals surface area (Å²) in [6.45, 7) is 6.64. The topological polar surface area (TPSA) is 43.4 Å². The van der Waals surface area contributed by atoms with Crippen molar-refractivity contribution in [3.63, 3.8) is 0 Å². The third-order valence-corrected chi connectivity index (χ3v) is 1.23. The number of esters is 1. The Morgan fingerprint density at radius 2 is 1.85 bits per heavy atom. The lowest BCUT2D eigenvalue weighted by atomic mass is 9.91. The van der Waals surface area contributed by atoms with Crippen molar-refractivity contribution < 1.29 is 14.3 Å². The number of ether oxygens (including phenoxy) is 1. The van der Waals surface area contributed by atoms with E-state index in [4.69, 9.17) is 0 Å². The van der Waals surface area contributed by atoms with Gasteiger partial charge in [-0.1, -0.05) is 26.7 Å². The van der Waals surface area contributed by atoms with E-state index in [1.807, 2.05) is 0 Å². The molecule has 0 saturated carbocycles. The van der Waals surface area contributed by atoms with Crippen molar-refractivity contribution in [2.75, 3.05) is 6.61 Å². The minimum Gasteiger partial charge on any atom is -0.453 e. The lowest BCUT2D eigenvalue weighted by Crippen LogP contribution is -2.17. The van der Waals surface area contributed by atoms with Crippen LogP contribution in [0.2, 0.25) is 0 Å². The van der Waals surface area contributed by atoms with E-state index >= 15 is 0 Å². The zero-order valence-electron chi connectivity index (χ0n) is 8.43. The molecule has 0 bridgehead atoms. The SMILES string of the molecule is CC(=O)OCC#CC(=O)C(C)(C)C. The lowest BCUT2D eigenvalue weighted by Gasteiger charge is -2.10. The Morgan fingerprint density at radius 3 is 2.23 bits per heavy atom. The van der Waals surface area contributed by atoms with Gasteiger partial charge < -0.3 is 4.74 Å². The van der Waals surface area contributed by atoms with Crippen LogP contribution in [0.4, 0.5) is 0 Å². The van der Waals surface area contributed by atoms with Crippen LogP contribution < -0.4 is 0 Å². The minimum absolute atomic E-state index is 0.0167. The molecule has 0 aliphatic rings. The van der Waals surface area contributed by atoms with Crippen LogP contribution in [0.25, 0.3) is 0 Å². The zero-order valence-corrected chi connectivity index (χ0v) is 8.43. The van der Waals surface area contributed by atoms with E-state index in [2.05, 4.69) is 16.6 Å². The second-order valence-electron chi connectivity index (χ2n) is 3.66. The van der Waals surface area contributed by atoms with E-state index in [0.29, 0.717) is 0 Å². The van der Waals surface area contributed by atoms with Crippen molar-refractivity contribution in [2.45, 2.75) is 27.7 Å². The minimum atomic E-state index is -0.455. The molecule has 13 heavy (non-hydrogen) atoms. The molecule has 0 aromatic heterocycles. The fourth-order valence-electron chi connectivity index (χ4n) is 0.442. The van der Waals surface area contributed by atoms with Crippen LogP contribution >= 0.6 is 0 Å². The van der Waals surface area contributed by atoms with Gasteiger partial charge in [0, 0.05) is 12.3 Å². The van der Waals surface area contributed by atoms with Crippen LogP contribution in [0.1, 0.15) is 27.7 Å². The molecule has 0 amide bonds. The first-order valence-corrected chi connectivity index (χ1v) is 4.00. The van der Waals surface area contributed by atoms with Crippen LogP contribution in [0, 0.1) is 17.3 Å². The van der Waals surface area contributed by atoms with Crippen LogP contribution in [-0.4, -0.2) is 18.4 Å². The molecule has 0 aromatic rings. The molecule has 72 valence electrons. The molecule has 0 radical (unpaired) electrons. The fourth-order valence-corrected chi connectivity index (χ4v) is 0.442. The predicted molar refractivity (Wildman–Crippen MR) is 48.9 cm³/mol. The average Bonchev–Trinajstić information content (AvgIpc) is 1.95. The number of Topliss-reactive ketones (excluding diaryl/α,β-unsaturated/α-hetero) is 1. The number of ketones is 1. The Kier molecular flexibility index (Phi) is 4.19. The Bertz CT molecular complexity index is 260. The van der Waals surface area contributed by atoms with Gasteiger partial charge >= 0.3 is 5.97 Å². The first-order chi connectivity index (χ1) is 5.84. The third kappa shape index (κ3) is 5.92. The fraction of sp³-hybridized carbons (Fsp3) is 0.600. The van der Waals surface area contributed by atoms with Gasteiger partial charge in [-0.3, -0.25) is 9.59 Å². The summed E-state index contributed by atoms with van der Waals surface area (Å²) in [5.74, 6) is 4.35. The summed E-state index contributed by atoms with van der Waals surface area (Å²) in [4.78, 5) is 21.5. The Morgan fingerprint density at radius 1 is 1.31 bits per heavy atom. The monoisotopic (exact) mass is 182 g/mol. The molecule has 0 saturated heterocycles. The van der Waals surface area contributed by atoms with Gasteiger partial charge in [0.25, 0.3) is 0 Å². The van der Waals surface area contributed by atoms with Crippen LogP contribution in [0.3, 0.4) is 0 Å². The molecule has 0 unspecified atom stereocenters. The summed E-state index contributed by atoms with van der Waals surface area (Å²) < 4.78 is 4.54. The second-order valence-corrected chi connectivity index (χ2v) is 3.66. The van der Waals surface area contributed by atoms with Crippen LogP contribution in [0.5, 0.6) is 0 Å². The highest BCUT2D eigenvalue weighted by Gasteiger charge is 2.18. The highest BCUT2D eigenvalue weighted by Crippen LogP contribution is 2.13. The Balaban J connectivity index is 3.98. The van der Waals surface area contributed by atoms with Gasteiger partial charge in [0.1, 0.15) is 0 Å². The van der Waals surface area contributed by atoms with Crippen molar-refractivity contribution >= 4 is 11.8 Å². The van der Waals surface area contributed by atoms with E-state index in [9.17, 15) is 9.59 Å². The quantitative estimate of drug-likeness (QED) is 0.347. The molecule has 0 heterocycles. The van der Waals surface area contributed by atoms with E-state index in [1.54, 1.807) is 20.8 Å². The van der Waals surface area contributed by atoms with Gasteiger partial charge in [-0.25, -0.2) is 0 Å². The van der Waals surface area contributed by atoms with Gasteiger partial charge in [0.05, 0.1) is 0 Å². The summed E-state index contributed by atoms with van der Waals surface area (Å²) >= 11 is 0. The standard InChI is InChI=1S/C10H14O3/c1-8(11)13-7-5-6-9(12)10(2,3)4/h7H2,1-4H3. The molecule has 0 N–H and O–H groups in total. The van der Waals surface area contributed by atoms with Gasteiger partial charge in [-0.15, -0.1) is 0 Å². The number of hydrogen-bond acceptors (Lipinski definition) is 3. The van der Waals surface area contributed by atoms with Crippen LogP contribution in [-0.2, 0) is 14.3 Å². The number of carbonyl (C=O) groups is 2. The molecule has 0 fully saturated rings. The Labute approximate surface area is 78.5 Å². The summed E-state index contributed by atoms with van der Waals surface area (Å²) in [7, 11) is 0. The summed E-state index contributed by atoms with van der Waals surface area (Å²) in [6.07, 6.45) is 0. The average molecular weight is 182 g/mol. The first kappa shape index (κ1) is 11.7. The molecular formula is C10H14O3. The molecular weight excluding hydrogens is 168 g/mol. The van der Waals surface area contributed by atoms with Crippen molar-refractivity contribution in [1.82, 2.24) is 0 Å². The van der Waals surface area contributed by atoms with Gasteiger partial charge in [0.15, 0.2) is 6.61 Å². The van der Waals surface area contributed by atoms with Crippen molar-refractivity contribution in [3.05, 3.63) is 0 Å². The second kappa shape index (κ2) is 4.66. The van der Waals surface area contributed by atoms with E-state index in [1.165, 1.54) is 6.92 Å². The summed E-state index contributed by atoms with van der Waals surface area (Å²) in [5.41, 5.74) is -0.455. The highest BCUT2D eigenvalue weighted by molar-refractivity contribution is 5.99. The van der Waals surface area contributed by atoms with E-state index in [-0.39, 0.29) is 12.4 Å². The third-order valence-electron chi connectivity index (χ3n) is 1.23. The molecule has 0 rings (SSSR count). The van der Waals surface area contributed by atoms with Crippen LogP contribution in [0.15, 0.2) is 0 Å². The number of carbonyl (C=O) groups excluding carboxylic acids is 2. The van der Waals surface area contributed by atoms with E-state index in [0.717, 1.165) is 0 Å². The van der Waals surface area contributed by atoms with Gasteiger partial charge in [-0.05, 0) is 5.92 Å². The number of rotatable bonds is 1. The maximum Gasteiger partial charge on any atom is 0.303 e. The summed E-state index contributed by atoms with van der Waals surface area (Å²) in [6, 6.07) is 0. The normalized spacial score (nSPS) is 9.85. The molecule has 0 aliphatic carbocycles. The maximum atomic E-state index is 11.2. The molecule has 0 aliphatic heterocycles. The van der Waals surface area contributed by atoms with E-state index < -0.39 is 11.4 Å². The molecule has 0 spiro atoms. The highest BCUT2D eigenvalue weighted by atomic mass is 16.5. The smallest absolute Gasteiger partial charge is 0.303 e. The molecule has 0 atom stereocenters. The molecule has 0 aromatic carbocycles. The first-order valence-electron chi connectivity index (χ1n) is 4.00. The van der Waals surface area contributed by atoms with Crippen molar-refractivity contribution in [1.29, 1.82) is 0 Å². The van der Waals surface area contributed by atoms with Crippen molar-refractivity contribution in [3.8, 4) is 11.8 Å². The largest absolute Gasteiger partial charge is 0.453 e. The molecule has 3 heteroatoms.